The second-order valence-corrected chi connectivity index (χ2v) is 9.68. The summed E-state index contributed by atoms with van der Waals surface area (Å²) in [6.07, 6.45) is -4.84. The van der Waals surface area contributed by atoms with Crippen molar-refractivity contribution in [1.29, 1.82) is 0 Å². The van der Waals surface area contributed by atoms with Gasteiger partial charge in [-0.15, -0.1) is 0 Å². The molecule has 10 heteroatoms. The molecule has 0 atom stereocenters. The van der Waals surface area contributed by atoms with Crippen LogP contribution in [0.4, 0.5) is 23.7 Å². The molecule has 2 heterocycles. The fourth-order valence-corrected chi connectivity index (χ4v) is 4.39. The minimum Gasteiger partial charge on any atom is -0.444 e. The first-order valence-corrected chi connectivity index (χ1v) is 11.1. The summed E-state index contributed by atoms with van der Waals surface area (Å²) in [5.41, 5.74) is 0.853. The zero-order valence-corrected chi connectivity index (χ0v) is 19.6. The van der Waals surface area contributed by atoms with Crippen molar-refractivity contribution >= 4 is 23.5 Å². The van der Waals surface area contributed by atoms with E-state index in [0.29, 0.717) is 41.9 Å². The van der Waals surface area contributed by atoms with Gasteiger partial charge in [-0.05, 0) is 70.6 Å². The number of amides is 1. The molecule has 1 amide bonds. The second-order valence-electron chi connectivity index (χ2n) is 8.67. The van der Waals surface area contributed by atoms with E-state index >= 15 is 0 Å². The number of aryl methyl sites for hydroxylation is 2. The van der Waals surface area contributed by atoms with E-state index in [1.807, 2.05) is 45.6 Å². The number of carbonyl (C=O) groups excluding carboxylic acids is 1. The Labute approximate surface area is 190 Å². The van der Waals surface area contributed by atoms with E-state index in [4.69, 9.17) is 4.74 Å². The summed E-state index contributed by atoms with van der Waals surface area (Å²) < 4.78 is 45.5. The number of halogens is 3. The number of anilines is 1. The molecular weight excluding hydrogens is 441 g/mol. The largest absolute Gasteiger partial charge is 0.444 e. The number of ether oxygens (including phenoxy) is 1. The average Bonchev–Trinajstić information content (AvgIpc) is 2.65. The van der Waals surface area contributed by atoms with Gasteiger partial charge >= 0.3 is 12.3 Å². The molecule has 1 aromatic carbocycles. The zero-order chi connectivity index (χ0) is 23.7. The molecule has 1 aliphatic rings. The molecule has 32 heavy (non-hydrogen) atoms. The van der Waals surface area contributed by atoms with Crippen molar-refractivity contribution in [3.05, 3.63) is 41.2 Å². The summed E-state index contributed by atoms with van der Waals surface area (Å²) in [5, 5.41) is 0.399. The molecule has 0 N–H and O–H groups in total. The number of rotatable bonds is 3. The maximum absolute atomic E-state index is 13.4. The molecule has 1 fully saturated rings. The number of carbonyl (C=O) groups is 1. The lowest BCUT2D eigenvalue weighted by molar-refractivity contribution is -0.137. The Morgan fingerprint density at radius 2 is 1.59 bits per heavy atom. The Morgan fingerprint density at radius 1 is 1.00 bits per heavy atom. The van der Waals surface area contributed by atoms with Crippen molar-refractivity contribution in [2.45, 2.75) is 56.4 Å². The van der Waals surface area contributed by atoms with Crippen molar-refractivity contribution in [3.63, 3.8) is 0 Å². The van der Waals surface area contributed by atoms with Gasteiger partial charge in [-0.25, -0.2) is 14.8 Å². The lowest BCUT2D eigenvalue weighted by Crippen LogP contribution is -2.50. The standard InChI is InChI=1S/C22H27F3N4O2S/c1-14-12-15(2)27-19(26-14)32-18-13-16(22(23,24)25)6-7-17(18)28-8-10-29(11-9-28)20(30)31-21(3,4)5/h6-7,12-13H,8-11H2,1-5H3. The Bertz CT molecular complexity index is 964. The number of hydrogen-bond donors (Lipinski definition) is 0. The van der Waals surface area contributed by atoms with Crippen LogP contribution in [0.25, 0.3) is 0 Å². The minimum atomic E-state index is -4.45. The molecule has 1 aromatic heterocycles. The summed E-state index contributed by atoms with van der Waals surface area (Å²) in [4.78, 5) is 25.1. The van der Waals surface area contributed by atoms with Gasteiger partial charge in [0.05, 0.1) is 11.3 Å². The SMILES string of the molecule is Cc1cc(C)nc(Sc2cc(C(F)(F)F)ccc2N2CCN(C(=O)OC(C)(C)C)CC2)n1. The highest BCUT2D eigenvalue weighted by Gasteiger charge is 2.32. The van der Waals surface area contributed by atoms with E-state index in [2.05, 4.69) is 9.97 Å². The summed E-state index contributed by atoms with van der Waals surface area (Å²) in [6.45, 7) is 10.9. The van der Waals surface area contributed by atoms with E-state index in [1.54, 1.807) is 4.90 Å². The third kappa shape index (κ3) is 6.27. The fraction of sp³-hybridized carbons (Fsp3) is 0.500. The quantitative estimate of drug-likeness (QED) is 0.569. The molecule has 0 saturated carbocycles. The molecule has 0 radical (unpaired) electrons. The van der Waals surface area contributed by atoms with Gasteiger partial charge in [0.1, 0.15) is 5.60 Å². The molecule has 2 aromatic rings. The number of benzene rings is 1. The van der Waals surface area contributed by atoms with Gasteiger partial charge in [-0.2, -0.15) is 13.2 Å². The average molecular weight is 469 g/mol. The van der Waals surface area contributed by atoms with Crippen LogP contribution in [-0.4, -0.2) is 52.7 Å². The van der Waals surface area contributed by atoms with E-state index in [1.165, 1.54) is 6.07 Å². The number of aromatic nitrogens is 2. The molecule has 3 rings (SSSR count). The maximum atomic E-state index is 13.4. The van der Waals surface area contributed by atoms with Crippen molar-refractivity contribution in [3.8, 4) is 0 Å². The predicted molar refractivity (Wildman–Crippen MR) is 117 cm³/mol. The Kier molecular flexibility index (Phi) is 6.92. The van der Waals surface area contributed by atoms with Crippen LogP contribution in [0.3, 0.4) is 0 Å². The summed E-state index contributed by atoms with van der Waals surface area (Å²) in [6, 6.07) is 5.52. The van der Waals surface area contributed by atoms with E-state index in [9.17, 15) is 18.0 Å². The zero-order valence-electron chi connectivity index (χ0n) is 18.8. The van der Waals surface area contributed by atoms with Gasteiger partial charge in [0, 0.05) is 42.5 Å². The Hall–Kier alpha value is -2.49. The van der Waals surface area contributed by atoms with Gasteiger partial charge in [-0.3, -0.25) is 0 Å². The number of nitrogens with zero attached hydrogens (tertiary/aromatic N) is 4. The monoisotopic (exact) mass is 468 g/mol. The molecule has 0 unspecified atom stereocenters. The van der Waals surface area contributed by atoms with Crippen LogP contribution in [0.1, 0.15) is 37.7 Å². The molecule has 1 saturated heterocycles. The molecule has 1 aliphatic heterocycles. The van der Waals surface area contributed by atoms with Crippen molar-refractivity contribution in [1.82, 2.24) is 14.9 Å². The lowest BCUT2D eigenvalue weighted by atomic mass is 10.1. The van der Waals surface area contributed by atoms with Crippen molar-refractivity contribution < 1.29 is 22.7 Å². The van der Waals surface area contributed by atoms with Crippen LogP contribution >= 0.6 is 11.8 Å². The van der Waals surface area contributed by atoms with Crippen LogP contribution in [0.15, 0.2) is 34.3 Å². The van der Waals surface area contributed by atoms with Crippen LogP contribution in [0.2, 0.25) is 0 Å². The fourth-order valence-electron chi connectivity index (χ4n) is 3.33. The highest BCUT2D eigenvalue weighted by atomic mass is 32.2. The number of alkyl halides is 3. The molecule has 0 spiro atoms. The first kappa shape index (κ1) is 24.2. The number of piperazine rings is 1. The van der Waals surface area contributed by atoms with Gasteiger partial charge in [0.15, 0.2) is 5.16 Å². The second kappa shape index (κ2) is 9.17. The third-order valence-electron chi connectivity index (χ3n) is 4.72. The first-order valence-electron chi connectivity index (χ1n) is 10.3. The van der Waals surface area contributed by atoms with E-state index < -0.39 is 17.3 Å². The van der Waals surface area contributed by atoms with E-state index in [-0.39, 0.29) is 6.09 Å². The lowest BCUT2D eigenvalue weighted by Gasteiger charge is -2.37. The van der Waals surface area contributed by atoms with Crippen LogP contribution < -0.4 is 4.90 Å². The van der Waals surface area contributed by atoms with Crippen LogP contribution in [0, 0.1) is 13.8 Å². The smallest absolute Gasteiger partial charge is 0.416 e. The molecule has 0 aliphatic carbocycles. The molecule has 0 bridgehead atoms. The highest BCUT2D eigenvalue weighted by molar-refractivity contribution is 7.99. The summed E-state index contributed by atoms with van der Waals surface area (Å²) >= 11 is 1.11. The van der Waals surface area contributed by atoms with Gasteiger partial charge < -0.3 is 14.5 Å². The highest BCUT2D eigenvalue weighted by Crippen LogP contribution is 2.39. The molecule has 6 nitrogen and oxygen atoms in total. The third-order valence-corrected chi connectivity index (χ3v) is 5.63. The van der Waals surface area contributed by atoms with Gasteiger partial charge in [-0.1, -0.05) is 0 Å². The predicted octanol–water partition coefficient (Wildman–Crippen LogP) is 5.32. The Morgan fingerprint density at radius 3 is 2.12 bits per heavy atom. The van der Waals surface area contributed by atoms with Crippen molar-refractivity contribution in [2.24, 2.45) is 0 Å². The van der Waals surface area contributed by atoms with Crippen molar-refractivity contribution in [2.75, 3.05) is 31.1 Å². The minimum absolute atomic E-state index is 0.386. The van der Waals surface area contributed by atoms with Gasteiger partial charge in [0.25, 0.3) is 0 Å². The summed E-state index contributed by atoms with van der Waals surface area (Å²) in [5.74, 6) is 0. The maximum Gasteiger partial charge on any atom is 0.416 e. The molecular formula is C22H27F3N4O2S. The van der Waals surface area contributed by atoms with Crippen LogP contribution in [-0.2, 0) is 10.9 Å². The first-order chi connectivity index (χ1) is 14.8. The van der Waals surface area contributed by atoms with Crippen LogP contribution in [0.5, 0.6) is 0 Å². The topological polar surface area (TPSA) is 58.6 Å². The van der Waals surface area contributed by atoms with Gasteiger partial charge in [0.2, 0.25) is 0 Å². The number of hydrogen-bond acceptors (Lipinski definition) is 6. The normalized spacial score (nSPS) is 15.1. The summed E-state index contributed by atoms with van der Waals surface area (Å²) in [7, 11) is 0. The van der Waals surface area contributed by atoms with E-state index in [0.717, 1.165) is 35.3 Å². The Balaban J connectivity index is 1.84. The molecule has 174 valence electrons.